The average Bonchev–Trinajstić information content (AvgIpc) is 3.39. The van der Waals surface area contributed by atoms with Crippen LogP contribution in [0.2, 0.25) is 0 Å². The Morgan fingerprint density at radius 3 is 2.42 bits per heavy atom. The zero-order valence-corrected chi connectivity index (χ0v) is 19.7. The first-order valence-electron chi connectivity index (χ1n) is 12.2. The van der Waals surface area contributed by atoms with Gasteiger partial charge in [0.2, 0.25) is 5.76 Å². The molecule has 0 aliphatic heterocycles. The maximum Gasteiger partial charge on any atom is 0.291 e. The van der Waals surface area contributed by atoms with Gasteiger partial charge in [0.1, 0.15) is 4.90 Å². The van der Waals surface area contributed by atoms with E-state index in [1.54, 1.807) is 11.8 Å². The van der Waals surface area contributed by atoms with Crippen molar-refractivity contribution in [3.8, 4) is 5.88 Å². The third kappa shape index (κ3) is 4.50. The summed E-state index contributed by atoms with van der Waals surface area (Å²) < 4.78 is 11.7. The van der Waals surface area contributed by atoms with E-state index in [9.17, 15) is 4.79 Å². The molecule has 1 aromatic rings. The van der Waals surface area contributed by atoms with Gasteiger partial charge in [0.05, 0.1) is 6.61 Å². The van der Waals surface area contributed by atoms with Gasteiger partial charge in [-0.25, -0.2) is 0 Å². The lowest BCUT2D eigenvalue weighted by Gasteiger charge is -2.54. The maximum absolute atomic E-state index is 13.4. The average molecular weight is 448 g/mol. The summed E-state index contributed by atoms with van der Waals surface area (Å²) in [5.41, 5.74) is 5.71. The van der Waals surface area contributed by atoms with Crippen molar-refractivity contribution in [2.75, 3.05) is 13.2 Å². The Kier molecular flexibility index (Phi) is 6.01. The molecule has 5 aliphatic carbocycles. The number of carbonyl (C=O) groups is 1. The molecule has 4 bridgehead atoms. The molecule has 5 saturated carbocycles. The molecule has 6 rings (SSSR count). The highest BCUT2D eigenvalue weighted by Gasteiger charge is 2.49. The van der Waals surface area contributed by atoms with Gasteiger partial charge >= 0.3 is 0 Å². The fourth-order valence-corrected chi connectivity index (χ4v) is 7.82. The van der Waals surface area contributed by atoms with Gasteiger partial charge in [0.15, 0.2) is 0 Å². The number of nitrogens with zero attached hydrogens (tertiary/aromatic N) is 1. The van der Waals surface area contributed by atoms with Crippen LogP contribution in [0.4, 0.5) is 0 Å². The molecule has 5 aliphatic rings. The summed E-state index contributed by atoms with van der Waals surface area (Å²) in [6, 6.07) is 0.287. The van der Waals surface area contributed by atoms with Gasteiger partial charge in [0.25, 0.3) is 11.8 Å². The van der Waals surface area contributed by atoms with E-state index in [1.807, 2.05) is 0 Å². The topological polar surface area (TPSA) is 90.4 Å². The smallest absolute Gasteiger partial charge is 0.291 e. The quantitative estimate of drug-likeness (QED) is 0.604. The van der Waals surface area contributed by atoms with Crippen LogP contribution in [0.1, 0.15) is 82.2 Å². The van der Waals surface area contributed by atoms with Crippen LogP contribution in [-0.4, -0.2) is 35.5 Å². The van der Waals surface area contributed by atoms with Crippen LogP contribution in [0.5, 0.6) is 5.88 Å². The SMILES string of the molecule is CC(C)(CN)COc1noc(C(=O)NC2C3CC4CC(C3)CC2C4)c1SC1CCCC1. The Balaban J connectivity index is 1.33. The van der Waals surface area contributed by atoms with Crippen molar-refractivity contribution in [2.45, 2.75) is 87.8 Å². The summed E-state index contributed by atoms with van der Waals surface area (Å²) in [4.78, 5) is 14.1. The van der Waals surface area contributed by atoms with Gasteiger partial charge in [-0.3, -0.25) is 4.79 Å². The fraction of sp³-hybridized carbons (Fsp3) is 0.833. The Hall–Kier alpha value is -1.21. The van der Waals surface area contributed by atoms with Crippen molar-refractivity contribution in [1.82, 2.24) is 10.5 Å². The van der Waals surface area contributed by atoms with E-state index in [0.717, 1.165) is 16.7 Å². The van der Waals surface area contributed by atoms with Crippen LogP contribution < -0.4 is 15.8 Å². The normalized spacial score (nSPS) is 32.5. The Morgan fingerprint density at radius 1 is 1.16 bits per heavy atom. The number of hydrogen-bond donors (Lipinski definition) is 2. The molecule has 0 unspecified atom stereocenters. The van der Waals surface area contributed by atoms with Crippen molar-refractivity contribution < 1.29 is 14.1 Å². The van der Waals surface area contributed by atoms with E-state index in [0.29, 0.717) is 41.9 Å². The van der Waals surface area contributed by atoms with Gasteiger partial charge < -0.3 is 20.3 Å². The molecule has 5 fully saturated rings. The summed E-state index contributed by atoms with van der Waals surface area (Å²) in [7, 11) is 0. The summed E-state index contributed by atoms with van der Waals surface area (Å²) in [6.07, 6.45) is 11.4. The van der Waals surface area contributed by atoms with Crippen molar-refractivity contribution >= 4 is 17.7 Å². The minimum Gasteiger partial charge on any atom is -0.474 e. The first-order valence-corrected chi connectivity index (χ1v) is 13.1. The van der Waals surface area contributed by atoms with E-state index in [2.05, 4.69) is 24.3 Å². The minimum absolute atomic E-state index is 0.113. The van der Waals surface area contributed by atoms with Gasteiger partial charge in [-0.1, -0.05) is 26.7 Å². The zero-order chi connectivity index (χ0) is 21.6. The molecule has 0 spiro atoms. The molecule has 1 heterocycles. The van der Waals surface area contributed by atoms with Crippen molar-refractivity contribution in [3.05, 3.63) is 5.76 Å². The van der Waals surface area contributed by atoms with Crippen LogP contribution in [0.15, 0.2) is 9.42 Å². The van der Waals surface area contributed by atoms with E-state index in [4.69, 9.17) is 15.0 Å². The number of amides is 1. The minimum atomic E-state index is -0.156. The predicted molar refractivity (Wildman–Crippen MR) is 121 cm³/mol. The molecular formula is C24H37N3O3S. The molecular weight excluding hydrogens is 410 g/mol. The molecule has 0 saturated heterocycles. The third-order valence-electron chi connectivity index (χ3n) is 8.09. The molecule has 172 valence electrons. The van der Waals surface area contributed by atoms with E-state index >= 15 is 0 Å². The second-order valence-electron chi connectivity index (χ2n) is 11.3. The van der Waals surface area contributed by atoms with Crippen LogP contribution in [0.25, 0.3) is 0 Å². The number of thioether (sulfide) groups is 1. The van der Waals surface area contributed by atoms with Crippen LogP contribution in [0, 0.1) is 29.1 Å². The highest BCUT2D eigenvalue weighted by atomic mass is 32.2. The molecule has 0 atom stereocenters. The number of rotatable bonds is 8. The fourth-order valence-electron chi connectivity index (χ4n) is 6.48. The highest BCUT2D eigenvalue weighted by molar-refractivity contribution is 8.00. The summed E-state index contributed by atoms with van der Waals surface area (Å²) in [5.74, 6) is 3.73. The molecule has 7 heteroatoms. The Bertz CT molecular complexity index is 774. The van der Waals surface area contributed by atoms with E-state index < -0.39 is 0 Å². The number of aromatic nitrogens is 1. The summed E-state index contributed by atoms with van der Waals surface area (Å²) in [6.45, 7) is 5.11. The molecule has 0 aromatic carbocycles. The lowest BCUT2D eigenvalue weighted by atomic mass is 9.54. The van der Waals surface area contributed by atoms with Crippen LogP contribution in [0.3, 0.4) is 0 Å². The number of hydrogen-bond acceptors (Lipinski definition) is 6. The zero-order valence-electron chi connectivity index (χ0n) is 18.9. The molecule has 6 nitrogen and oxygen atoms in total. The molecule has 0 radical (unpaired) electrons. The highest BCUT2D eigenvalue weighted by Crippen LogP contribution is 2.54. The number of carbonyl (C=O) groups excluding carboxylic acids is 1. The van der Waals surface area contributed by atoms with E-state index in [-0.39, 0.29) is 17.4 Å². The number of nitrogens with two attached hydrogens (primary N) is 1. The van der Waals surface area contributed by atoms with Crippen molar-refractivity contribution in [2.24, 2.45) is 34.8 Å². The second-order valence-corrected chi connectivity index (χ2v) is 12.6. The lowest BCUT2D eigenvalue weighted by Crippen LogP contribution is -2.55. The monoisotopic (exact) mass is 447 g/mol. The lowest BCUT2D eigenvalue weighted by molar-refractivity contribution is -0.0124. The van der Waals surface area contributed by atoms with Crippen LogP contribution >= 0.6 is 11.8 Å². The van der Waals surface area contributed by atoms with Gasteiger partial charge in [-0.15, -0.1) is 11.8 Å². The largest absolute Gasteiger partial charge is 0.474 e. The first-order chi connectivity index (χ1) is 14.9. The third-order valence-corrected chi connectivity index (χ3v) is 9.49. The Labute approximate surface area is 189 Å². The molecule has 1 amide bonds. The summed E-state index contributed by atoms with van der Waals surface area (Å²) >= 11 is 1.72. The molecule has 31 heavy (non-hydrogen) atoms. The molecule has 3 N–H and O–H groups in total. The van der Waals surface area contributed by atoms with Crippen LogP contribution in [-0.2, 0) is 0 Å². The standard InChI is InChI=1S/C24H37N3O3S/c1-24(2,12-25)13-29-23-21(31-18-5-3-4-6-18)20(30-27-23)22(28)26-19-16-8-14-7-15(10-16)11-17(19)9-14/h14-19H,3-13,25H2,1-2H3,(H,26,28). The van der Waals surface area contributed by atoms with Crippen molar-refractivity contribution in [3.63, 3.8) is 0 Å². The second kappa shape index (κ2) is 8.62. The Morgan fingerprint density at radius 2 is 1.81 bits per heavy atom. The van der Waals surface area contributed by atoms with Gasteiger partial charge in [-0.2, -0.15) is 0 Å². The summed E-state index contributed by atoms with van der Waals surface area (Å²) in [5, 5.41) is 8.06. The number of nitrogens with one attached hydrogen (secondary N) is 1. The van der Waals surface area contributed by atoms with E-state index in [1.165, 1.54) is 57.8 Å². The maximum atomic E-state index is 13.4. The number of ether oxygens (including phenoxy) is 1. The molecule has 1 aromatic heterocycles. The first kappa shape index (κ1) is 21.6. The van der Waals surface area contributed by atoms with Gasteiger partial charge in [0, 0.05) is 23.3 Å². The predicted octanol–water partition coefficient (Wildman–Crippen LogP) is 4.63. The van der Waals surface area contributed by atoms with Crippen molar-refractivity contribution in [1.29, 1.82) is 0 Å². The van der Waals surface area contributed by atoms with Gasteiger partial charge in [-0.05, 0) is 73.8 Å².